The summed E-state index contributed by atoms with van der Waals surface area (Å²) in [5.41, 5.74) is 0. The Morgan fingerprint density at radius 1 is 1.12 bits per heavy atom. The average molecular weight is 216 g/mol. The van der Waals surface area contributed by atoms with E-state index in [1.807, 2.05) is 30.3 Å². The van der Waals surface area contributed by atoms with Gasteiger partial charge in [0, 0.05) is 0 Å². The normalized spacial score (nSPS) is 12.5. The molecule has 1 aliphatic rings. The van der Waals surface area contributed by atoms with Gasteiger partial charge in [-0.3, -0.25) is 0 Å². The van der Waals surface area contributed by atoms with Gasteiger partial charge in [-0.15, -0.1) is 0 Å². The third kappa shape index (κ3) is 1.63. The number of para-hydroxylation sites is 1. The van der Waals surface area contributed by atoms with Gasteiger partial charge in [0.05, 0.1) is 6.20 Å². The third-order valence-electron chi connectivity index (χ3n) is 2.05. The molecule has 3 rings (SSSR count). The maximum Gasteiger partial charge on any atom is 0.322 e. The lowest BCUT2D eigenvalue weighted by Gasteiger charge is -2.15. The average Bonchev–Trinajstić information content (AvgIpc) is 2.35. The SMILES string of the molecule is c1ccc(Oc2cnc3nc2OCO3)cc1. The molecule has 2 heterocycles. The van der Waals surface area contributed by atoms with Crippen molar-refractivity contribution in [3.63, 3.8) is 0 Å². The lowest BCUT2D eigenvalue weighted by molar-refractivity contribution is 0.0782. The minimum atomic E-state index is 0.118. The van der Waals surface area contributed by atoms with Gasteiger partial charge in [0.1, 0.15) is 5.75 Å². The second-order valence-corrected chi connectivity index (χ2v) is 3.14. The van der Waals surface area contributed by atoms with Crippen molar-refractivity contribution in [2.45, 2.75) is 0 Å². The van der Waals surface area contributed by atoms with Crippen molar-refractivity contribution < 1.29 is 14.2 Å². The molecule has 0 saturated heterocycles. The van der Waals surface area contributed by atoms with Gasteiger partial charge in [0.15, 0.2) is 0 Å². The number of hydrogen-bond donors (Lipinski definition) is 0. The van der Waals surface area contributed by atoms with E-state index in [1.54, 1.807) is 0 Å². The monoisotopic (exact) mass is 216 g/mol. The minimum absolute atomic E-state index is 0.118. The second kappa shape index (κ2) is 3.69. The van der Waals surface area contributed by atoms with Crippen LogP contribution in [0.15, 0.2) is 36.5 Å². The van der Waals surface area contributed by atoms with Gasteiger partial charge in [-0.1, -0.05) is 18.2 Å². The van der Waals surface area contributed by atoms with Gasteiger partial charge in [-0.05, 0) is 12.1 Å². The molecule has 0 unspecified atom stereocenters. The Kier molecular flexibility index (Phi) is 2.07. The fourth-order valence-electron chi connectivity index (χ4n) is 1.34. The van der Waals surface area contributed by atoms with Crippen LogP contribution in [0, 0.1) is 0 Å². The molecule has 5 heteroatoms. The standard InChI is InChI=1S/C11H8N2O3/c1-2-4-8(5-3-1)16-9-6-12-11-13-10(9)14-7-15-11/h1-6H,7H2. The Bertz CT molecular complexity index is 502. The van der Waals surface area contributed by atoms with Crippen LogP contribution in [-0.4, -0.2) is 16.8 Å². The lowest BCUT2D eigenvalue weighted by Crippen LogP contribution is -2.15. The maximum absolute atomic E-state index is 5.58. The van der Waals surface area contributed by atoms with Gasteiger partial charge >= 0.3 is 6.01 Å². The van der Waals surface area contributed by atoms with E-state index in [1.165, 1.54) is 6.20 Å². The maximum atomic E-state index is 5.58. The summed E-state index contributed by atoms with van der Waals surface area (Å²) in [5.74, 6) is 1.60. The summed E-state index contributed by atoms with van der Waals surface area (Å²) in [6.45, 7) is 0.118. The molecule has 5 nitrogen and oxygen atoms in total. The molecule has 0 spiro atoms. The number of aromatic nitrogens is 2. The Labute approximate surface area is 91.6 Å². The van der Waals surface area contributed by atoms with Crippen molar-refractivity contribution in [3.8, 4) is 23.4 Å². The van der Waals surface area contributed by atoms with Gasteiger partial charge in [0.2, 0.25) is 12.5 Å². The number of ether oxygens (including phenoxy) is 3. The Morgan fingerprint density at radius 2 is 2.00 bits per heavy atom. The van der Waals surface area contributed by atoms with E-state index in [0.717, 1.165) is 0 Å². The molecule has 0 aliphatic carbocycles. The molecule has 0 saturated carbocycles. The molecule has 0 N–H and O–H groups in total. The van der Waals surface area contributed by atoms with Gasteiger partial charge < -0.3 is 14.2 Å². The highest BCUT2D eigenvalue weighted by molar-refractivity contribution is 5.37. The zero-order valence-corrected chi connectivity index (χ0v) is 8.29. The number of hydrogen-bond acceptors (Lipinski definition) is 5. The van der Waals surface area contributed by atoms with E-state index in [-0.39, 0.29) is 6.79 Å². The summed E-state index contributed by atoms with van der Waals surface area (Å²) >= 11 is 0. The highest BCUT2D eigenvalue weighted by Crippen LogP contribution is 2.31. The van der Waals surface area contributed by atoms with Crippen LogP contribution in [0.25, 0.3) is 0 Å². The van der Waals surface area contributed by atoms with E-state index in [9.17, 15) is 0 Å². The highest BCUT2D eigenvalue weighted by Gasteiger charge is 2.16. The molecule has 1 aliphatic heterocycles. The zero-order chi connectivity index (χ0) is 10.8. The summed E-state index contributed by atoms with van der Waals surface area (Å²) in [4.78, 5) is 7.96. The van der Waals surface area contributed by atoms with Crippen LogP contribution in [0.2, 0.25) is 0 Å². The molecule has 1 aromatic heterocycles. The van der Waals surface area contributed by atoms with Crippen LogP contribution in [0.3, 0.4) is 0 Å². The van der Waals surface area contributed by atoms with Crippen LogP contribution in [-0.2, 0) is 0 Å². The fraction of sp³-hybridized carbons (Fsp3) is 0.0909. The first kappa shape index (κ1) is 8.96. The summed E-state index contributed by atoms with van der Waals surface area (Å²) in [5, 5.41) is 0. The van der Waals surface area contributed by atoms with Gasteiger partial charge in [-0.2, -0.15) is 9.97 Å². The lowest BCUT2D eigenvalue weighted by atomic mass is 10.3. The van der Waals surface area contributed by atoms with E-state index < -0.39 is 0 Å². The molecule has 0 fully saturated rings. The Balaban J connectivity index is 1.91. The van der Waals surface area contributed by atoms with E-state index >= 15 is 0 Å². The third-order valence-corrected chi connectivity index (χ3v) is 2.05. The van der Waals surface area contributed by atoms with Gasteiger partial charge in [-0.25, -0.2) is 0 Å². The molecule has 2 bridgehead atoms. The number of rotatable bonds is 2. The summed E-state index contributed by atoms with van der Waals surface area (Å²) in [6.07, 6.45) is 1.53. The minimum Gasteiger partial charge on any atom is -0.450 e. The molecular formula is C11H8N2O3. The molecular weight excluding hydrogens is 208 g/mol. The van der Waals surface area contributed by atoms with Crippen LogP contribution in [0.5, 0.6) is 23.4 Å². The van der Waals surface area contributed by atoms with Crippen LogP contribution in [0.4, 0.5) is 0 Å². The highest BCUT2D eigenvalue weighted by atomic mass is 16.7. The van der Waals surface area contributed by atoms with Crippen molar-refractivity contribution in [1.82, 2.24) is 9.97 Å². The van der Waals surface area contributed by atoms with Crippen LogP contribution < -0.4 is 14.2 Å². The second-order valence-electron chi connectivity index (χ2n) is 3.14. The summed E-state index contributed by atoms with van der Waals surface area (Å²) in [6, 6.07) is 9.70. The first-order valence-electron chi connectivity index (χ1n) is 4.77. The zero-order valence-electron chi connectivity index (χ0n) is 8.29. The molecule has 0 radical (unpaired) electrons. The topological polar surface area (TPSA) is 53.5 Å². The molecule has 1 aromatic carbocycles. The predicted molar refractivity (Wildman–Crippen MR) is 54.7 cm³/mol. The van der Waals surface area contributed by atoms with Crippen molar-refractivity contribution in [2.75, 3.05) is 6.79 Å². The van der Waals surface area contributed by atoms with Crippen molar-refractivity contribution in [2.24, 2.45) is 0 Å². The van der Waals surface area contributed by atoms with Crippen LogP contribution in [0.1, 0.15) is 0 Å². The molecule has 2 aromatic rings. The number of nitrogens with zero attached hydrogens (tertiary/aromatic N) is 2. The van der Waals surface area contributed by atoms with Crippen molar-refractivity contribution >= 4 is 0 Å². The quantitative estimate of drug-likeness (QED) is 0.768. The summed E-state index contributed by atoms with van der Waals surface area (Å²) in [7, 11) is 0. The molecule has 16 heavy (non-hydrogen) atoms. The van der Waals surface area contributed by atoms with E-state index in [2.05, 4.69) is 9.97 Å². The molecule has 0 amide bonds. The first-order valence-corrected chi connectivity index (χ1v) is 4.77. The summed E-state index contributed by atoms with van der Waals surface area (Å²) < 4.78 is 15.8. The fourth-order valence-corrected chi connectivity index (χ4v) is 1.34. The van der Waals surface area contributed by atoms with Crippen LogP contribution >= 0.6 is 0 Å². The predicted octanol–water partition coefficient (Wildman–Crippen LogP) is 2.00. The van der Waals surface area contributed by atoms with Gasteiger partial charge in [0.25, 0.3) is 5.88 Å². The van der Waals surface area contributed by atoms with E-state index in [4.69, 9.17) is 14.2 Å². The van der Waals surface area contributed by atoms with Crippen molar-refractivity contribution in [3.05, 3.63) is 36.5 Å². The first-order chi connectivity index (χ1) is 7.92. The van der Waals surface area contributed by atoms with Crippen molar-refractivity contribution in [1.29, 1.82) is 0 Å². The Hall–Kier alpha value is -2.30. The Morgan fingerprint density at radius 3 is 2.88 bits per heavy atom. The smallest absolute Gasteiger partial charge is 0.322 e. The molecule has 80 valence electrons. The number of benzene rings is 1. The largest absolute Gasteiger partial charge is 0.450 e. The molecule has 0 atom stereocenters. The van der Waals surface area contributed by atoms with E-state index in [0.29, 0.717) is 23.4 Å². The number of fused-ring (bicyclic) bond motifs is 2.